The fourth-order valence-corrected chi connectivity index (χ4v) is 2.92. The molecular formula is C20H35N7O9. The predicted octanol–water partition coefficient (Wildman–Crippen LogP) is -3.10. The lowest BCUT2D eigenvalue weighted by atomic mass is 9.97. The zero-order valence-electron chi connectivity index (χ0n) is 20.1. The molecule has 5 atom stereocenters. The van der Waals surface area contributed by atoms with Crippen molar-refractivity contribution in [3.8, 4) is 0 Å². The summed E-state index contributed by atoms with van der Waals surface area (Å²) in [6, 6.07) is -5.82. The maximum atomic E-state index is 12.9. The Bertz CT molecular complexity index is 845. The number of carboxylic acid groups (broad SMARTS) is 3. The number of nitrogens with zero attached hydrogens (tertiary/aromatic N) is 1. The molecule has 16 heteroatoms. The highest BCUT2D eigenvalue weighted by molar-refractivity contribution is 5.96. The van der Waals surface area contributed by atoms with Crippen LogP contribution in [0.15, 0.2) is 4.99 Å². The van der Waals surface area contributed by atoms with E-state index < -0.39 is 78.6 Å². The number of carbonyl (C=O) groups is 6. The van der Waals surface area contributed by atoms with Gasteiger partial charge in [-0.25, -0.2) is 4.79 Å². The van der Waals surface area contributed by atoms with Crippen molar-refractivity contribution in [2.75, 3.05) is 6.54 Å². The van der Waals surface area contributed by atoms with E-state index in [0.29, 0.717) is 6.42 Å². The average Bonchev–Trinajstić information content (AvgIpc) is 2.76. The van der Waals surface area contributed by atoms with E-state index in [1.807, 2.05) is 0 Å². The summed E-state index contributed by atoms with van der Waals surface area (Å²) in [5.41, 5.74) is 15.9. The van der Waals surface area contributed by atoms with Gasteiger partial charge >= 0.3 is 17.9 Å². The van der Waals surface area contributed by atoms with E-state index in [9.17, 15) is 33.9 Å². The normalized spacial score (nSPS) is 14.8. The Morgan fingerprint density at radius 1 is 0.833 bits per heavy atom. The van der Waals surface area contributed by atoms with Gasteiger partial charge in [0.05, 0.1) is 18.9 Å². The molecule has 0 aromatic heterocycles. The van der Waals surface area contributed by atoms with Gasteiger partial charge in [0, 0.05) is 6.54 Å². The lowest BCUT2D eigenvalue weighted by molar-refractivity contribution is -0.144. The lowest BCUT2D eigenvalue weighted by Crippen LogP contribution is -2.59. The van der Waals surface area contributed by atoms with Crippen molar-refractivity contribution < 1.29 is 44.1 Å². The number of aliphatic carboxylic acids is 3. The summed E-state index contributed by atoms with van der Waals surface area (Å²) >= 11 is 0. The summed E-state index contributed by atoms with van der Waals surface area (Å²) in [4.78, 5) is 75.1. The molecule has 0 fully saturated rings. The second kappa shape index (κ2) is 15.9. The number of guanidine groups is 1. The Labute approximate surface area is 207 Å². The molecule has 0 aliphatic rings. The van der Waals surface area contributed by atoms with E-state index in [-0.39, 0.29) is 25.3 Å². The Morgan fingerprint density at radius 3 is 1.86 bits per heavy atom. The standard InChI is InChI=1S/C20H35N7O9/c1-3-9(2)15(18(34)25-11(19(35)36)5-4-6-24-20(22)23)27-17(33)12(8-14(30)31)26-16(32)10(21)7-13(28)29/h9-12,15H,3-8,21H2,1-2H3,(H,25,34)(H,26,32)(H,27,33)(H,28,29)(H,30,31)(H,35,36)(H4,22,23,24). The van der Waals surface area contributed by atoms with Crippen molar-refractivity contribution in [2.24, 2.45) is 28.1 Å². The van der Waals surface area contributed by atoms with Gasteiger partial charge in [-0.05, 0) is 18.8 Å². The maximum absolute atomic E-state index is 12.9. The number of carbonyl (C=O) groups excluding carboxylic acids is 3. The largest absolute Gasteiger partial charge is 0.481 e. The highest BCUT2D eigenvalue weighted by Gasteiger charge is 2.33. The lowest BCUT2D eigenvalue weighted by Gasteiger charge is -2.27. The van der Waals surface area contributed by atoms with E-state index in [4.69, 9.17) is 27.4 Å². The van der Waals surface area contributed by atoms with Crippen molar-refractivity contribution in [3.63, 3.8) is 0 Å². The first-order valence-electron chi connectivity index (χ1n) is 11.1. The summed E-state index contributed by atoms with van der Waals surface area (Å²) in [5.74, 6) is -7.81. The third kappa shape index (κ3) is 12.5. The van der Waals surface area contributed by atoms with E-state index in [1.54, 1.807) is 13.8 Å². The third-order valence-corrected chi connectivity index (χ3v) is 5.10. The summed E-state index contributed by atoms with van der Waals surface area (Å²) in [6.07, 6.45) is -1.04. The van der Waals surface area contributed by atoms with Crippen LogP contribution in [0.3, 0.4) is 0 Å². The molecule has 0 saturated heterocycles. The number of nitrogens with two attached hydrogens (primary N) is 3. The summed E-state index contributed by atoms with van der Waals surface area (Å²) in [7, 11) is 0. The van der Waals surface area contributed by atoms with Crippen LogP contribution in [0, 0.1) is 5.92 Å². The molecule has 0 radical (unpaired) electrons. The second-order valence-electron chi connectivity index (χ2n) is 8.08. The molecule has 0 aromatic rings. The molecule has 0 aromatic carbocycles. The van der Waals surface area contributed by atoms with Gasteiger partial charge in [-0.15, -0.1) is 0 Å². The van der Waals surface area contributed by atoms with E-state index in [0.717, 1.165) is 0 Å². The van der Waals surface area contributed by atoms with Crippen molar-refractivity contribution in [3.05, 3.63) is 0 Å². The van der Waals surface area contributed by atoms with Gasteiger partial charge in [-0.2, -0.15) is 0 Å². The Hall–Kier alpha value is -3.95. The molecule has 3 amide bonds. The van der Waals surface area contributed by atoms with Crippen LogP contribution < -0.4 is 33.2 Å². The number of aliphatic imine (C=N–C) groups is 1. The van der Waals surface area contributed by atoms with Gasteiger partial charge in [0.15, 0.2) is 5.96 Å². The van der Waals surface area contributed by atoms with Crippen LogP contribution in [0.1, 0.15) is 46.0 Å². The first-order valence-corrected chi connectivity index (χ1v) is 11.1. The topological polar surface area (TPSA) is 290 Å². The van der Waals surface area contributed by atoms with Crippen molar-refractivity contribution in [1.29, 1.82) is 0 Å². The van der Waals surface area contributed by atoms with Gasteiger partial charge in [-0.3, -0.25) is 29.0 Å². The van der Waals surface area contributed by atoms with Gasteiger partial charge in [0.1, 0.15) is 18.1 Å². The first-order chi connectivity index (χ1) is 16.7. The highest BCUT2D eigenvalue weighted by Crippen LogP contribution is 2.10. The Morgan fingerprint density at radius 2 is 1.39 bits per heavy atom. The quantitative estimate of drug-likeness (QED) is 0.0526. The summed E-state index contributed by atoms with van der Waals surface area (Å²) in [5, 5.41) is 34.1. The van der Waals surface area contributed by atoms with Crippen LogP contribution in [0.2, 0.25) is 0 Å². The molecule has 0 bridgehead atoms. The van der Waals surface area contributed by atoms with Gasteiger partial charge in [0.2, 0.25) is 17.7 Å². The van der Waals surface area contributed by atoms with Crippen molar-refractivity contribution >= 4 is 41.6 Å². The van der Waals surface area contributed by atoms with Crippen molar-refractivity contribution in [1.82, 2.24) is 16.0 Å². The predicted molar refractivity (Wildman–Crippen MR) is 125 cm³/mol. The van der Waals surface area contributed by atoms with Gasteiger partial charge in [-0.1, -0.05) is 20.3 Å². The minimum atomic E-state index is -1.68. The molecule has 0 heterocycles. The second-order valence-corrected chi connectivity index (χ2v) is 8.08. The molecule has 0 spiro atoms. The van der Waals surface area contributed by atoms with Gasteiger partial charge in [0.25, 0.3) is 0 Å². The molecule has 0 saturated carbocycles. The fourth-order valence-electron chi connectivity index (χ4n) is 2.92. The zero-order chi connectivity index (χ0) is 28.0. The SMILES string of the molecule is CCC(C)C(NC(=O)C(CC(=O)O)NC(=O)C(N)CC(=O)O)C(=O)NC(CCCN=C(N)N)C(=O)O. The number of nitrogens with one attached hydrogen (secondary N) is 3. The molecule has 16 nitrogen and oxygen atoms in total. The van der Waals surface area contributed by atoms with E-state index >= 15 is 0 Å². The number of rotatable bonds is 17. The molecule has 5 unspecified atom stereocenters. The minimum Gasteiger partial charge on any atom is -0.481 e. The van der Waals surface area contributed by atoms with Crippen LogP contribution >= 0.6 is 0 Å². The minimum absolute atomic E-state index is 0.0157. The summed E-state index contributed by atoms with van der Waals surface area (Å²) < 4.78 is 0. The zero-order valence-corrected chi connectivity index (χ0v) is 20.1. The maximum Gasteiger partial charge on any atom is 0.326 e. The highest BCUT2D eigenvalue weighted by atomic mass is 16.4. The average molecular weight is 518 g/mol. The number of carboxylic acids is 3. The monoisotopic (exact) mass is 517 g/mol. The molecule has 0 aliphatic carbocycles. The van der Waals surface area contributed by atoms with Crippen LogP contribution in [-0.2, 0) is 28.8 Å². The number of hydrogen-bond donors (Lipinski definition) is 9. The Kier molecular flexibility index (Phi) is 14.1. The molecule has 204 valence electrons. The van der Waals surface area contributed by atoms with Crippen molar-refractivity contribution in [2.45, 2.75) is 70.1 Å². The van der Waals surface area contributed by atoms with E-state index in [2.05, 4.69) is 20.9 Å². The molecule has 0 aliphatic heterocycles. The van der Waals surface area contributed by atoms with E-state index in [1.165, 1.54) is 0 Å². The number of hydrogen-bond acceptors (Lipinski definition) is 8. The van der Waals surface area contributed by atoms with Crippen LogP contribution in [0.5, 0.6) is 0 Å². The number of amides is 3. The first kappa shape index (κ1) is 32.0. The third-order valence-electron chi connectivity index (χ3n) is 5.10. The van der Waals surface area contributed by atoms with Crippen LogP contribution in [-0.4, -0.2) is 87.6 Å². The Balaban J connectivity index is 5.54. The fraction of sp³-hybridized carbons (Fsp3) is 0.650. The summed E-state index contributed by atoms with van der Waals surface area (Å²) in [6.45, 7) is 3.45. The van der Waals surface area contributed by atoms with Crippen LogP contribution in [0.25, 0.3) is 0 Å². The van der Waals surface area contributed by atoms with Gasteiger partial charge < -0.3 is 48.5 Å². The van der Waals surface area contributed by atoms with Crippen LogP contribution in [0.4, 0.5) is 0 Å². The molecule has 12 N–H and O–H groups in total. The molecule has 36 heavy (non-hydrogen) atoms. The molecule has 0 rings (SSSR count). The smallest absolute Gasteiger partial charge is 0.326 e. The molecular weight excluding hydrogens is 482 g/mol.